The van der Waals surface area contributed by atoms with Crippen molar-refractivity contribution in [2.45, 2.75) is 32.2 Å². The zero-order chi connectivity index (χ0) is 11.1. The van der Waals surface area contributed by atoms with Crippen LogP contribution in [-0.4, -0.2) is 4.98 Å². The number of hydrogen-bond acceptors (Lipinski definition) is 3. The molecule has 0 radical (unpaired) electrons. The molecule has 3 rings (SSSR count). The molecular weight excluding hydrogens is 198 g/mol. The third kappa shape index (κ3) is 1.55. The average molecular weight is 217 g/mol. The van der Waals surface area contributed by atoms with Crippen LogP contribution in [0.15, 0.2) is 18.3 Å². The smallest absolute Gasteiger partial charge is 0.0508 e. The number of aromatic nitrogens is 1. The Balaban J connectivity index is 1.78. The third-order valence-corrected chi connectivity index (χ3v) is 4.33. The van der Waals surface area contributed by atoms with Crippen LogP contribution in [0.3, 0.4) is 0 Å². The standard InChI is InChI=1S/C13H19N3/c1-8-5-6-9(7-15-8)13(16-14)12-10-3-2-4-11(10)12/h5-7,10-13,16H,2-4,14H2,1H3. The molecule has 1 aromatic rings. The van der Waals surface area contributed by atoms with Gasteiger partial charge in [-0.05, 0) is 49.1 Å². The van der Waals surface area contributed by atoms with Gasteiger partial charge in [0.05, 0.1) is 6.04 Å². The molecule has 3 nitrogen and oxygen atoms in total. The molecule has 0 spiro atoms. The highest BCUT2D eigenvalue weighted by atomic mass is 15.2. The topological polar surface area (TPSA) is 50.9 Å². The molecule has 3 unspecified atom stereocenters. The first kappa shape index (κ1) is 10.2. The van der Waals surface area contributed by atoms with E-state index < -0.39 is 0 Å². The minimum Gasteiger partial charge on any atom is -0.271 e. The predicted octanol–water partition coefficient (Wildman–Crippen LogP) is 1.94. The van der Waals surface area contributed by atoms with Gasteiger partial charge in [0.1, 0.15) is 0 Å². The van der Waals surface area contributed by atoms with Gasteiger partial charge in [0.2, 0.25) is 0 Å². The van der Waals surface area contributed by atoms with Crippen molar-refractivity contribution in [3.63, 3.8) is 0 Å². The number of nitrogens with two attached hydrogens (primary N) is 1. The van der Waals surface area contributed by atoms with Crippen LogP contribution >= 0.6 is 0 Å². The van der Waals surface area contributed by atoms with Gasteiger partial charge in [-0.2, -0.15) is 0 Å². The van der Waals surface area contributed by atoms with E-state index >= 15 is 0 Å². The summed E-state index contributed by atoms with van der Waals surface area (Å²) < 4.78 is 0. The second-order valence-electron chi connectivity index (χ2n) is 5.21. The van der Waals surface area contributed by atoms with Gasteiger partial charge in [-0.3, -0.25) is 16.3 Å². The lowest BCUT2D eigenvalue weighted by atomic mass is 9.98. The van der Waals surface area contributed by atoms with E-state index in [1.165, 1.54) is 24.8 Å². The Morgan fingerprint density at radius 1 is 1.38 bits per heavy atom. The number of aryl methyl sites for hydroxylation is 1. The van der Waals surface area contributed by atoms with Gasteiger partial charge in [0.15, 0.2) is 0 Å². The molecule has 2 aliphatic carbocycles. The number of fused-ring (bicyclic) bond motifs is 1. The van der Waals surface area contributed by atoms with Crippen LogP contribution in [0.4, 0.5) is 0 Å². The number of hydrazine groups is 1. The Morgan fingerprint density at radius 3 is 2.69 bits per heavy atom. The van der Waals surface area contributed by atoms with E-state index in [2.05, 4.69) is 22.5 Å². The molecule has 0 aromatic carbocycles. The number of rotatable bonds is 3. The van der Waals surface area contributed by atoms with Crippen LogP contribution in [0.5, 0.6) is 0 Å². The lowest BCUT2D eigenvalue weighted by Gasteiger charge is -2.18. The summed E-state index contributed by atoms with van der Waals surface area (Å²) >= 11 is 0. The molecule has 0 saturated heterocycles. The Labute approximate surface area is 96.4 Å². The van der Waals surface area contributed by atoms with Crippen LogP contribution in [-0.2, 0) is 0 Å². The summed E-state index contributed by atoms with van der Waals surface area (Å²) in [4.78, 5) is 4.36. The zero-order valence-corrected chi connectivity index (χ0v) is 9.69. The molecular formula is C13H19N3. The Hall–Kier alpha value is -0.930. The van der Waals surface area contributed by atoms with Crippen molar-refractivity contribution < 1.29 is 0 Å². The summed E-state index contributed by atoms with van der Waals surface area (Å²) in [6, 6.07) is 4.53. The number of nitrogens with one attached hydrogen (secondary N) is 1. The largest absolute Gasteiger partial charge is 0.271 e. The minimum absolute atomic E-state index is 0.309. The molecule has 3 N–H and O–H groups in total. The van der Waals surface area contributed by atoms with Crippen molar-refractivity contribution in [1.82, 2.24) is 10.4 Å². The first-order valence-corrected chi connectivity index (χ1v) is 6.20. The number of nitrogens with zero attached hydrogens (tertiary/aromatic N) is 1. The molecule has 3 heteroatoms. The Morgan fingerprint density at radius 2 is 2.12 bits per heavy atom. The van der Waals surface area contributed by atoms with Gasteiger partial charge in [-0.25, -0.2) is 0 Å². The molecule has 2 aliphatic rings. The molecule has 0 aliphatic heterocycles. The van der Waals surface area contributed by atoms with Gasteiger partial charge >= 0.3 is 0 Å². The van der Waals surface area contributed by atoms with E-state index in [4.69, 9.17) is 5.84 Å². The maximum absolute atomic E-state index is 5.71. The second-order valence-corrected chi connectivity index (χ2v) is 5.21. The Bertz CT molecular complexity index is 363. The lowest BCUT2D eigenvalue weighted by Crippen LogP contribution is -2.30. The van der Waals surface area contributed by atoms with Gasteiger partial charge in [0, 0.05) is 11.9 Å². The van der Waals surface area contributed by atoms with Crippen molar-refractivity contribution in [2.24, 2.45) is 23.6 Å². The first-order valence-electron chi connectivity index (χ1n) is 6.20. The third-order valence-electron chi connectivity index (χ3n) is 4.33. The molecule has 1 heterocycles. The summed E-state index contributed by atoms with van der Waals surface area (Å²) in [5.41, 5.74) is 5.30. The van der Waals surface area contributed by atoms with E-state index in [-0.39, 0.29) is 0 Å². The van der Waals surface area contributed by atoms with Gasteiger partial charge in [-0.15, -0.1) is 0 Å². The van der Waals surface area contributed by atoms with E-state index in [0.717, 1.165) is 23.4 Å². The Kier molecular flexibility index (Phi) is 2.45. The molecule has 0 amide bonds. The molecule has 1 aromatic heterocycles. The summed E-state index contributed by atoms with van der Waals surface area (Å²) in [5.74, 6) is 8.30. The van der Waals surface area contributed by atoms with Gasteiger partial charge in [-0.1, -0.05) is 12.5 Å². The van der Waals surface area contributed by atoms with Crippen LogP contribution in [0.1, 0.15) is 36.6 Å². The fraction of sp³-hybridized carbons (Fsp3) is 0.615. The van der Waals surface area contributed by atoms with Crippen molar-refractivity contribution in [3.8, 4) is 0 Å². The molecule has 86 valence electrons. The van der Waals surface area contributed by atoms with Crippen molar-refractivity contribution in [1.29, 1.82) is 0 Å². The summed E-state index contributed by atoms with van der Waals surface area (Å²) in [6.07, 6.45) is 6.17. The van der Waals surface area contributed by atoms with E-state index in [9.17, 15) is 0 Å². The highest BCUT2D eigenvalue weighted by molar-refractivity contribution is 5.22. The summed E-state index contributed by atoms with van der Waals surface area (Å²) in [6.45, 7) is 2.01. The molecule has 0 bridgehead atoms. The van der Waals surface area contributed by atoms with Crippen molar-refractivity contribution in [3.05, 3.63) is 29.6 Å². The molecule has 3 atom stereocenters. The van der Waals surface area contributed by atoms with E-state index in [1.54, 1.807) is 0 Å². The monoisotopic (exact) mass is 217 g/mol. The number of hydrogen-bond donors (Lipinski definition) is 2. The predicted molar refractivity (Wildman–Crippen MR) is 63.4 cm³/mol. The normalized spacial score (nSPS) is 33.5. The molecule has 16 heavy (non-hydrogen) atoms. The fourth-order valence-electron chi connectivity index (χ4n) is 3.46. The van der Waals surface area contributed by atoms with E-state index in [1.807, 2.05) is 13.1 Å². The van der Waals surface area contributed by atoms with Crippen LogP contribution in [0.2, 0.25) is 0 Å². The molecule has 2 saturated carbocycles. The fourth-order valence-corrected chi connectivity index (χ4v) is 3.46. The number of pyridine rings is 1. The summed E-state index contributed by atoms with van der Waals surface area (Å²) in [5, 5.41) is 0. The van der Waals surface area contributed by atoms with Gasteiger partial charge < -0.3 is 0 Å². The van der Waals surface area contributed by atoms with Crippen LogP contribution in [0, 0.1) is 24.7 Å². The highest BCUT2D eigenvalue weighted by Gasteiger charge is 2.55. The van der Waals surface area contributed by atoms with Gasteiger partial charge in [0.25, 0.3) is 0 Å². The molecule has 2 fully saturated rings. The van der Waals surface area contributed by atoms with Crippen LogP contribution < -0.4 is 11.3 Å². The zero-order valence-electron chi connectivity index (χ0n) is 9.69. The maximum atomic E-state index is 5.71. The van der Waals surface area contributed by atoms with Crippen molar-refractivity contribution in [2.75, 3.05) is 0 Å². The lowest BCUT2D eigenvalue weighted by molar-refractivity contribution is 0.424. The van der Waals surface area contributed by atoms with Crippen LogP contribution in [0.25, 0.3) is 0 Å². The summed E-state index contributed by atoms with van der Waals surface area (Å²) in [7, 11) is 0. The quantitative estimate of drug-likeness (QED) is 0.601. The van der Waals surface area contributed by atoms with E-state index in [0.29, 0.717) is 6.04 Å². The maximum Gasteiger partial charge on any atom is 0.0508 e. The minimum atomic E-state index is 0.309. The average Bonchev–Trinajstić information content (AvgIpc) is 2.76. The highest BCUT2D eigenvalue weighted by Crippen LogP contribution is 2.61. The first-order chi connectivity index (χ1) is 7.81. The SMILES string of the molecule is Cc1ccc(C(NN)C2C3CCCC32)cn1. The second kappa shape index (κ2) is 3.82. The van der Waals surface area contributed by atoms with Crippen molar-refractivity contribution >= 4 is 0 Å².